The van der Waals surface area contributed by atoms with Gasteiger partial charge in [0.25, 0.3) is 0 Å². The van der Waals surface area contributed by atoms with Crippen LogP contribution in [0.3, 0.4) is 0 Å². The molecule has 0 aromatic heterocycles. The van der Waals surface area contributed by atoms with Gasteiger partial charge in [-0.25, -0.2) is 0 Å². The Hall–Kier alpha value is -1.04. The van der Waals surface area contributed by atoms with E-state index < -0.39 is 0 Å². The molecule has 2 rings (SSSR count). The summed E-state index contributed by atoms with van der Waals surface area (Å²) in [4.78, 5) is 14.5. The molecule has 5 heteroatoms. The van der Waals surface area contributed by atoms with Crippen molar-refractivity contribution in [2.45, 2.75) is 24.6 Å². The number of nitrogens with one attached hydrogen (secondary N) is 1. The molecule has 0 aliphatic carbocycles. The van der Waals surface area contributed by atoms with Crippen molar-refractivity contribution in [2.75, 3.05) is 39.1 Å². The minimum absolute atomic E-state index is 0.108. The largest absolute Gasteiger partial charge is 0.385 e. The standard InChI is InChI=1S/C17H26N2O2S/c1-14-17(15-7-4-3-5-8-15)19(10-12-22-14)13-16(20)18-9-6-11-21-2/h3-5,7-8,14,17H,6,9-13H2,1-2H3,(H,18,20)/t14-,17+/m1/s1. The van der Waals surface area contributed by atoms with Crippen LogP contribution in [-0.4, -0.2) is 55.2 Å². The van der Waals surface area contributed by atoms with Crippen LogP contribution in [0, 0.1) is 0 Å². The molecular weight excluding hydrogens is 296 g/mol. The number of carbonyl (C=O) groups is 1. The number of hydrogen-bond acceptors (Lipinski definition) is 4. The zero-order valence-corrected chi connectivity index (χ0v) is 14.3. The fourth-order valence-electron chi connectivity index (χ4n) is 2.88. The number of carbonyl (C=O) groups excluding carboxylic acids is 1. The maximum atomic E-state index is 12.2. The van der Waals surface area contributed by atoms with Gasteiger partial charge in [-0.05, 0) is 12.0 Å². The summed E-state index contributed by atoms with van der Waals surface area (Å²) in [6.07, 6.45) is 0.858. The van der Waals surface area contributed by atoms with E-state index in [1.165, 1.54) is 5.56 Å². The summed E-state index contributed by atoms with van der Waals surface area (Å²) in [5, 5.41) is 3.48. The van der Waals surface area contributed by atoms with E-state index >= 15 is 0 Å². The summed E-state index contributed by atoms with van der Waals surface area (Å²) in [5.74, 6) is 1.19. The van der Waals surface area contributed by atoms with Crippen LogP contribution in [0.25, 0.3) is 0 Å². The van der Waals surface area contributed by atoms with Gasteiger partial charge in [0.1, 0.15) is 0 Å². The molecule has 0 unspecified atom stereocenters. The lowest BCUT2D eigenvalue weighted by molar-refractivity contribution is -0.122. The Morgan fingerprint density at radius 1 is 1.41 bits per heavy atom. The molecule has 1 amide bonds. The third-order valence-electron chi connectivity index (χ3n) is 3.93. The van der Waals surface area contributed by atoms with Crippen LogP contribution in [0.5, 0.6) is 0 Å². The van der Waals surface area contributed by atoms with Gasteiger partial charge in [0.2, 0.25) is 5.91 Å². The summed E-state index contributed by atoms with van der Waals surface area (Å²) >= 11 is 1.99. The number of nitrogens with zero attached hydrogens (tertiary/aromatic N) is 1. The number of rotatable bonds is 7. The normalized spacial score (nSPS) is 22.5. The predicted molar refractivity (Wildman–Crippen MR) is 92.2 cm³/mol. The lowest BCUT2D eigenvalue weighted by Crippen LogP contribution is -2.45. The maximum absolute atomic E-state index is 12.2. The first-order valence-electron chi connectivity index (χ1n) is 7.88. The topological polar surface area (TPSA) is 41.6 Å². The highest BCUT2D eigenvalue weighted by molar-refractivity contribution is 8.00. The number of hydrogen-bond donors (Lipinski definition) is 1. The first kappa shape index (κ1) is 17.3. The van der Waals surface area contributed by atoms with Crippen LogP contribution in [-0.2, 0) is 9.53 Å². The van der Waals surface area contributed by atoms with Crippen molar-refractivity contribution in [1.82, 2.24) is 10.2 Å². The van der Waals surface area contributed by atoms with Crippen molar-refractivity contribution < 1.29 is 9.53 Å². The van der Waals surface area contributed by atoms with Gasteiger partial charge < -0.3 is 10.1 Å². The highest BCUT2D eigenvalue weighted by Crippen LogP contribution is 2.35. The van der Waals surface area contributed by atoms with E-state index in [0.29, 0.717) is 31.0 Å². The lowest BCUT2D eigenvalue weighted by Gasteiger charge is -2.39. The quantitative estimate of drug-likeness (QED) is 0.782. The number of methoxy groups -OCH3 is 1. The molecule has 1 saturated heterocycles. The van der Waals surface area contributed by atoms with Gasteiger partial charge in [-0.2, -0.15) is 11.8 Å². The van der Waals surface area contributed by atoms with Crippen LogP contribution in [0.4, 0.5) is 0 Å². The molecule has 1 aromatic rings. The van der Waals surface area contributed by atoms with Crippen molar-refractivity contribution in [2.24, 2.45) is 0 Å². The zero-order chi connectivity index (χ0) is 15.8. The molecule has 2 atom stereocenters. The van der Waals surface area contributed by atoms with Crippen LogP contribution < -0.4 is 5.32 Å². The van der Waals surface area contributed by atoms with E-state index in [4.69, 9.17) is 4.74 Å². The molecule has 1 fully saturated rings. The van der Waals surface area contributed by atoms with Crippen molar-refractivity contribution in [1.29, 1.82) is 0 Å². The van der Waals surface area contributed by atoms with Gasteiger partial charge >= 0.3 is 0 Å². The molecule has 0 radical (unpaired) electrons. The third kappa shape index (κ3) is 5.00. The summed E-state index contributed by atoms with van der Waals surface area (Å²) in [5.41, 5.74) is 1.30. The Balaban J connectivity index is 1.93. The van der Waals surface area contributed by atoms with Crippen molar-refractivity contribution in [3.63, 3.8) is 0 Å². The highest BCUT2D eigenvalue weighted by atomic mass is 32.2. The minimum atomic E-state index is 0.108. The molecule has 0 saturated carbocycles. The first-order valence-corrected chi connectivity index (χ1v) is 8.93. The first-order chi connectivity index (χ1) is 10.7. The Bertz CT molecular complexity index is 455. The molecular formula is C17H26N2O2S. The van der Waals surface area contributed by atoms with Gasteiger partial charge in [-0.15, -0.1) is 0 Å². The van der Waals surface area contributed by atoms with Gasteiger partial charge in [-0.3, -0.25) is 9.69 Å². The highest BCUT2D eigenvalue weighted by Gasteiger charge is 2.31. The van der Waals surface area contributed by atoms with Crippen molar-refractivity contribution in [3.05, 3.63) is 35.9 Å². The summed E-state index contributed by atoms with van der Waals surface area (Å²) in [6, 6.07) is 10.8. The predicted octanol–water partition coefficient (Wildman–Crippen LogP) is 2.32. The van der Waals surface area contributed by atoms with Crippen LogP contribution in [0.2, 0.25) is 0 Å². The fourth-order valence-corrected chi connectivity index (χ4v) is 4.10. The van der Waals surface area contributed by atoms with E-state index in [0.717, 1.165) is 18.7 Å². The van der Waals surface area contributed by atoms with Crippen LogP contribution >= 0.6 is 11.8 Å². The van der Waals surface area contributed by atoms with Crippen molar-refractivity contribution >= 4 is 17.7 Å². The Morgan fingerprint density at radius 3 is 2.91 bits per heavy atom. The summed E-state index contributed by atoms with van der Waals surface area (Å²) in [6.45, 7) is 5.05. The Morgan fingerprint density at radius 2 is 2.18 bits per heavy atom. The molecule has 1 aliphatic rings. The molecule has 22 heavy (non-hydrogen) atoms. The summed E-state index contributed by atoms with van der Waals surface area (Å²) < 4.78 is 5.00. The van der Waals surface area contributed by atoms with Gasteiger partial charge in [0, 0.05) is 43.9 Å². The second-order valence-corrected chi connectivity index (χ2v) is 7.08. The lowest BCUT2D eigenvalue weighted by atomic mass is 10.0. The fraction of sp³-hybridized carbons (Fsp3) is 0.588. The van der Waals surface area contributed by atoms with Gasteiger partial charge in [0.05, 0.1) is 6.54 Å². The van der Waals surface area contributed by atoms with E-state index in [1.54, 1.807) is 7.11 Å². The van der Waals surface area contributed by atoms with Crippen LogP contribution in [0.1, 0.15) is 24.9 Å². The van der Waals surface area contributed by atoms with E-state index in [2.05, 4.69) is 41.4 Å². The molecule has 1 aromatic carbocycles. The second-order valence-electron chi connectivity index (χ2n) is 5.60. The molecule has 0 spiro atoms. The number of benzene rings is 1. The number of amides is 1. The Labute approximate surface area is 137 Å². The van der Waals surface area contributed by atoms with Crippen molar-refractivity contribution in [3.8, 4) is 0 Å². The molecule has 4 nitrogen and oxygen atoms in total. The molecule has 1 heterocycles. The maximum Gasteiger partial charge on any atom is 0.234 e. The molecule has 0 bridgehead atoms. The summed E-state index contributed by atoms with van der Waals surface area (Å²) in [7, 11) is 1.68. The van der Waals surface area contributed by atoms with E-state index in [-0.39, 0.29) is 5.91 Å². The minimum Gasteiger partial charge on any atom is -0.385 e. The Kier molecular flexibility index (Phi) is 7.22. The molecule has 1 aliphatic heterocycles. The number of ether oxygens (including phenoxy) is 1. The molecule has 122 valence electrons. The molecule has 1 N–H and O–H groups in total. The van der Waals surface area contributed by atoms with E-state index in [9.17, 15) is 4.79 Å². The van der Waals surface area contributed by atoms with Gasteiger partial charge in [-0.1, -0.05) is 37.3 Å². The second kappa shape index (κ2) is 9.18. The smallest absolute Gasteiger partial charge is 0.234 e. The average Bonchev–Trinajstić information content (AvgIpc) is 2.53. The van der Waals surface area contributed by atoms with E-state index in [1.807, 2.05) is 17.8 Å². The zero-order valence-electron chi connectivity index (χ0n) is 13.5. The van der Waals surface area contributed by atoms with Crippen LogP contribution in [0.15, 0.2) is 30.3 Å². The third-order valence-corrected chi connectivity index (χ3v) is 5.13. The monoisotopic (exact) mass is 322 g/mol. The number of thioether (sulfide) groups is 1. The average molecular weight is 322 g/mol. The SMILES string of the molecule is COCCCNC(=O)CN1CCS[C@H](C)[C@H]1c1ccccc1. The van der Waals surface area contributed by atoms with Gasteiger partial charge in [0.15, 0.2) is 0 Å².